The first-order chi connectivity index (χ1) is 10.1. The second kappa shape index (κ2) is 4.79. The number of aromatic nitrogens is 1. The highest BCUT2D eigenvalue weighted by molar-refractivity contribution is 6.08. The molecule has 21 heavy (non-hydrogen) atoms. The van der Waals surface area contributed by atoms with Crippen LogP contribution in [0.5, 0.6) is 5.75 Å². The van der Waals surface area contributed by atoms with Gasteiger partial charge in [0, 0.05) is 11.6 Å². The van der Waals surface area contributed by atoms with E-state index in [1.165, 1.54) is 17.0 Å². The van der Waals surface area contributed by atoms with Crippen LogP contribution in [0.1, 0.15) is 15.9 Å². The van der Waals surface area contributed by atoms with E-state index in [1.807, 2.05) is 6.07 Å². The zero-order valence-corrected chi connectivity index (χ0v) is 10.8. The van der Waals surface area contributed by atoms with Crippen LogP contribution in [0.15, 0.2) is 64.4 Å². The number of carbonyl (C=O) groups excluding carboxylic acids is 1. The van der Waals surface area contributed by atoms with Gasteiger partial charge < -0.3 is 5.11 Å². The van der Waals surface area contributed by atoms with Crippen molar-refractivity contribution in [2.24, 2.45) is 0 Å². The lowest BCUT2D eigenvalue weighted by Gasteiger charge is -2.02. The minimum Gasteiger partial charge on any atom is -0.499 e. The Kier molecular flexibility index (Phi) is 2.95. The number of hydrogen-bond donors (Lipinski definition) is 1. The summed E-state index contributed by atoms with van der Waals surface area (Å²) in [6.45, 7) is 0. The summed E-state index contributed by atoms with van der Waals surface area (Å²) in [7, 11) is 0. The van der Waals surface area contributed by atoms with Gasteiger partial charge in [-0.15, -0.1) is 0 Å². The maximum Gasteiger partial charge on any atom is 0.309 e. The Morgan fingerprint density at radius 3 is 2.24 bits per heavy atom. The Hall–Kier alpha value is -3.08. The normalized spacial score (nSPS) is 10.7. The number of hydrogen-bond acceptors (Lipinski definition) is 4. The van der Waals surface area contributed by atoms with Gasteiger partial charge in [0.15, 0.2) is 18.2 Å². The molecule has 0 unspecified atom stereocenters. The monoisotopic (exact) mass is 280 g/mol. The molecule has 3 rings (SSSR count). The highest BCUT2D eigenvalue weighted by Crippen LogP contribution is 2.10. The van der Waals surface area contributed by atoms with Crippen molar-refractivity contribution in [3.05, 3.63) is 86.4 Å². The molecule has 1 heterocycles. The topological polar surface area (TPSA) is 75.3 Å². The molecule has 0 amide bonds. The number of rotatable bonds is 3. The number of nitrogens with zero attached hydrogens (tertiary/aromatic N) is 1. The molecule has 0 saturated carbocycles. The SMILES string of the molecule is O=C(c1ccccc1)c1ccc[n+](-c2c(O)c(=O)c2=O)c1. The molecule has 0 radical (unpaired) electrons. The fourth-order valence-corrected chi connectivity index (χ4v) is 2.11. The van der Waals surface area contributed by atoms with Crippen molar-refractivity contribution in [3.63, 3.8) is 0 Å². The van der Waals surface area contributed by atoms with Crippen molar-refractivity contribution in [2.45, 2.75) is 0 Å². The third kappa shape index (κ3) is 2.04. The van der Waals surface area contributed by atoms with Gasteiger partial charge in [-0.1, -0.05) is 30.3 Å². The highest BCUT2D eigenvalue weighted by atomic mass is 16.3. The van der Waals surface area contributed by atoms with Crippen molar-refractivity contribution < 1.29 is 14.5 Å². The standard InChI is InChI=1S/C16H9NO4/c18-13(10-5-2-1-3-6-10)11-7-4-8-17(9-11)12-14(19)16(21)15(12)20/h1-9H/p+1. The third-order valence-corrected chi connectivity index (χ3v) is 3.22. The van der Waals surface area contributed by atoms with E-state index in [0.717, 1.165) is 0 Å². The second-order valence-corrected chi connectivity index (χ2v) is 4.55. The summed E-state index contributed by atoms with van der Waals surface area (Å²) in [6, 6.07) is 11.9. The largest absolute Gasteiger partial charge is 0.499 e. The van der Waals surface area contributed by atoms with Crippen molar-refractivity contribution in [2.75, 3.05) is 0 Å². The van der Waals surface area contributed by atoms with Gasteiger partial charge in [0.25, 0.3) is 5.43 Å². The van der Waals surface area contributed by atoms with Crippen LogP contribution in [-0.2, 0) is 0 Å². The molecule has 0 aliphatic carbocycles. The van der Waals surface area contributed by atoms with Crippen LogP contribution in [0.3, 0.4) is 0 Å². The number of ketones is 1. The third-order valence-electron chi connectivity index (χ3n) is 3.22. The lowest BCUT2D eigenvalue weighted by molar-refractivity contribution is -0.598. The van der Waals surface area contributed by atoms with Gasteiger partial charge >= 0.3 is 11.1 Å². The van der Waals surface area contributed by atoms with Gasteiger partial charge in [-0.05, 0) is 6.07 Å². The van der Waals surface area contributed by atoms with Gasteiger partial charge in [-0.25, -0.2) is 0 Å². The molecule has 2 aromatic carbocycles. The lowest BCUT2D eigenvalue weighted by Crippen LogP contribution is -2.47. The van der Waals surface area contributed by atoms with Crippen LogP contribution in [0, 0.1) is 0 Å². The zero-order valence-electron chi connectivity index (χ0n) is 10.8. The maximum absolute atomic E-state index is 12.3. The van der Waals surface area contributed by atoms with Crippen molar-refractivity contribution >= 4 is 5.78 Å². The Morgan fingerprint density at radius 2 is 1.57 bits per heavy atom. The molecule has 0 atom stereocenters. The Bertz CT molecular complexity index is 906. The summed E-state index contributed by atoms with van der Waals surface area (Å²) in [4.78, 5) is 34.8. The van der Waals surface area contributed by atoms with Crippen molar-refractivity contribution in [1.82, 2.24) is 0 Å². The molecule has 3 aromatic rings. The summed E-state index contributed by atoms with van der Waals surface area (Å²) in [5.41, 5.74) is -0.901. The van der Waals surface area contributed by atoms with Crippen molar-refractivity contribution in [3.8, 4) is 11.4 Å². The molecule has 5 nitrogen and oxygen atoms in total. The van der Waals surface area contributed by atoms with E-state index in [-0.39, 0.29) is 11.5 Å². The van der Waals surface area contributed by atoms with Crippen LogP contribution in [0.2, 0.25) is 0 Å². The number of benzene rings is 1. The maximum atomic E-state index is 12.3. The summed E-state index contributed by atoms with van der Waals surface area (Å²) < 4.78 is 1.29. The molecule has 1 aromatic heterocycles. The molecule has 102 valence electrons. The first-order valence-corrected chi connectivity index (χ1v) is 6.23. The molecule has 0 fully saturated rings. The summed E-state index contributed by atoms with van der Waals surface area (Å²) >= 11 is 0. The average molecular weight is 280 g/mol. The Morgan fingerprint density at radius 1 is 0.905 bits per heavy atom. The molecule has 0 bridgehead atoms. The molecule has 0 spiro atoms. The predicted molar refractivity (Wildman–Crippen MR) is 74.4 cm³/mol. The van der Waals surface area contributed by atoms with Gasteiger partial charge in [0.05, 0.1) is 5.56 Å². The van der Waals surface area contributed by atoms with E-state index in [1.54, 1.807) is 36.4 Å². The van der Waals surface area contributed by atoms with Crippen molar-refractivity contribution in [1.29, 1.82) is 0 Å². The number of aromatic hydroxyl groups is 1. The minimum atomic E-state index is -0.905. The zero-order chi connectivity index (χ0) is 15.0. The van der Waals surface area contributed by atoms with Gasteiger partial charge in [0.2, 0.25) is 5.75 Å². The van der Waals surface area contributed by atoms with Gasteiger partial charge in [-0.2, -0.15) is 4.57 Å². The van der Waals surface area contributed by atoms with Crippen LogP contribution in [-0.4, -0.2) is 10.9 Å². The van der Waals surface area contributed by atoms with E-state index >= 15 is 0 Å². The van der Waals surface area contributed by atoms with E-state index < -0.39 is 16.6 Å². The summed E-state index contributed by atoms with van der Waals surface area (Å²) in [5, 5.41) is 9.45. The summed E-state index contributed by atoms with van der Waals surface area (Å²) in [6.07, 6.45) is 2.92. The molecule has 0 saturated heterocycles. The number of carbonyl (C=O) groups is 1. The number of pyridine rings is 1. The molecular weight excluding hydrogens is 270 g/mol. The van der Waals surface area contributed by atoms with Crippen LogP contribution in [0.25, 0.3) is 5.69 Å². The lowest BCUT2D eigenvalue weighted by atomic mass is 10.1. The Labute approximate surface area is 119 Å². The minimum absolute atomic E-state index is 0.109. The van der Waals surface area contributed by atoms with E-state index in [2.05, 4.69) is 0 Å². The highest BCUT2D eigenvalue weighted by Gasteiger charge is 2.29. The second-order valence-electron chi connectivity index (χ2n) is 4.55. The molecule has 1 N–H and O–H groups in total. The van der Waals surface area contributed by atoms with Crippen LogP contribution < -0.4 is 15.4 Å². The quantitative estimate of drug-likeness (QED) is 0.430. The summed E-state index contributed by atoms with van der Waals surface area (Å²) in [5.74, 6) is -0.780. The van der Waals surface area contributed by atoms with Crippen LogP contribution >= 0.6 is 0 Å². The van der Waals surface area contributed by atoms with E-state index in [4.69, 9.17) is 0 Å². The fraction of sp³-hybridized carbons (Fsp3) is 0. The first kappa shape index (κ1) is 12.9. The molecule has 5 heteroatoms. The van der Waals surface area contributed by atoms with Gasteiger partial charge in [0.1, 0.15) is 0 Å². The van der Waals surface area contributed by atoms with E-state index in [0.29, 0.717) is 11.1 Å². The molecular formula is C16H10NO4+. The van der Waals surface area contributed by atoms with Gasteiger partial charge in [-0.3, -0.25) is 14.4 Å². The molecule has 0 aliphatic heterocycles. The average Bonchev–Trinajstić information content (AvgIpc) is 2.55. The van der Waals surface area contributed by atoms with E-state index in [9.17, 15) is 19.5 Å². The predicted octanol–water partition coefficient (Wildman–Crippen LogP) is 0.496. The first-order valence-electron chi connectivity index (χ1n) is 6.23. The smallest absolute Gasteiger partial charge is 0.309 e. The molecule has 0 aliphatic rings. The fourth-order valence-electron chi connectivity index (χ4n) is 2.11. The Balaban J connectivity index is 2.04. The van der Waals surface area contributed by atoms with Crippen LogP contribution in [0.4, 0.5) is 0 Å².